The van der Waals surface area contributed by atoms with Crippen molar-refractivity contribution in [3.8, 4) is 5.75 Å². The number of para-hydroxylation sites is 1. The van der Waals surface area contributed by atoms with Gasteiger partial charge in [0, 0.05) is 13.0 Å². The number of fused-ring (bicyclic) bond motifs is 1. The topological polar surface area (TPSA) is 102 Å². The molecule has 1 aliphatic rings. The molecule has 0 bridgehead atoms. The number of unbranched alkanes of at least 4 members (excludes halogenated alkanes) is 8. The molecule has 3 aromatic rings. The van der Waals surface area contributed by atoms with Gasteiger partial charge in [0.15, 0.2) is 12.1 Å². The maximum absolute atomic E-state index is 6.32. The Morgan fingerprint density at radius 3 is 2.55 bits per heavy atom. The van der Waals surface area contributed by atoms with Gasteiger partial charge in [-0.25, -0.2) is 9.50 Å². The molecule has 4 rings (SSSR count). The van der Waals surface area contributed by atoms with E-state index >= 15 is 0 Å². The minimum Gasteiger partial charge on any atom is -0.425 e. The SMILES string of the molecule is CCCCCCCCCCCOCCOP(Oc1ccccc1Cl)OC1CCC(c2ccc3c(N)ncnn23)O1. The number of rotatable bonds is 19. The summed E-state index contributed by atoms with van der Waals surface area (Å²) in [6.45, 7) is 3.81. The van der Waals surface area contributed by atoms with Crippen molar-refractivity contribution in [1.82, 2.24) is 14.6 Å². The van der Waals surface area contributed by atoms with Gasteiger partial charge in [0.25, 0.3) is 0 Å². The Kier molecular flexibility index (Phi) is 13.2. The van der Waals surface area contributed by atoms with Gasteiger partial charge in [-0.2, -0.15) is 5.10 Å². The molecule has 11 heteroatoms. The molecule has 1 saturated heterocycles. The van der Waals surface area contributed by atoms with Crippen LogP contribution in [-0.4, -0.2) is 40.7 Å². The Bertz CT molecular complexity index is 1150. The van der Waals surface area contributed by atoms with E-state index in [1.54, 1.807) is 16.6 Å². The Balaban J connectivity index is 1.20. The maximum Gasteiger partial charge on any atom is 0.399 e. The van der Waals surface area contributed by atoms with Crippen LogP contribution in [0.2, 0.25) is 5.02 Å². The van der Waals surface area contributed by atoms with Gasteiger partial charge in [-0.05, 0) is 37.1 Å². The summed E-state index contributed by atoms with van der Waals surface area (Å²) in [5.74, 6) is 0.933. The third kappa shape index (κ3) is 9.54. The van der Waals surface area contributed by atoms with E-state index in [2.05, 4.69) is 17.0 Å². The van der Waals surface area contributed by atoms with Crippen LogP contribution in [0.4, 0.5) is 5.82 Å². The van der Waals surface area contributed by atoms with Crippen molar-refractivity contribution in [3.05, 3.63) is 53.4 Å². The lowest BCUT2D eigenvalue weighted by atomic mass is 10.1. The van der Waals surface area contributed by atoms with E-state index in [4.69, 9.17) is 40.4 Å². The Hall–Kier alpha value is -2.00. The number of nitrogen functional groups attached to an aromatic ring is 1. The number of hydrogen-bond acceptors (Lipinski definition) is 8. The lowest BCUT2D eigenvalue weighted by Gasteiger charge is -2.21. The van der Waals surface area contributed by atoms with Gasteiger partial charge in [0.1, 0.15) is 23.7 Å². The van der Waals surface area contributed by atoms with Gasteiger partial charge in [-0.15, -0.1) is 0 Å². The molecule has 2 aromatic heterocycles. The molecule has 3 heterocycles. The van der Waals surface area contributed by atoms with Crippen molar-refractivity contribution in [2.45, 2.75) is 89.9 Å². The van der Waals surface area contributed by atoms with E-state index in [1.807, 2.05) is 24.3 Å². The molecule has 0 spiro atoms. The van der Waals surface area contributed by atoms with E-state index in [0.29, 0.717) is 36.2 Å². The van der Waals surface area contributed by atoms with Crippen molar-refractivity contribution >= 4 is 31.5 Å². The predicted octanol–water partition coefficient (Wildman–Crippen LogP) is 8.03. The first kappa shape index (κ1) is 30.9. The number of nitrogens with two attached hydrogens (primary N) is 1. The zero-order valence-corrected chi connectivity index (χ0v) is 25.0. The van der Waals surface area contributed by atoms with E-state index in [-0.39, 0.29) is 6.10 Å². The van der Waals surface area contributed by atoms with E-state index in [1.165, 1.54) is 57.7 Å². The summed E-state index contributed by atoms with van der Waals surface area (Å²) in [4.78, 5) is 4.05. The number of benzene rings is 1. The molecular formula is C29H42ClN4O5P. The van der Waals surface area contributed by atoms with Gasteiger partial charge in [-0.1, -0.05) is 82.0 Å². The fourth-order valence-electron chi connectivity index (χ4n) is 4.68. The Morgan fingerprint density at radius 1 is 0.975 bits per heavy atom. The number of anilines is 1. The summed E-state index contributed by atoms with van der Waals surface area (Å²) in [6, 6.07) is 11.1. The Morgan fingerprint density at radius 2 is 1.75 bits per heavy atom. The van der Waals surface area contributed by atoms with Crippen LogP contribution in [0.15, 0.2) is 42.7 Å². The number of hydrogen-bond donors (Lipinski definition) is 1. The van der Waals surface area contributed by atoms with Crippen molar-refractivity contribution in [2.24, 2.45) is 0 Å². The van der Waals surface area contributed by atoms with Crippen LogP contribution < -0.4 is 10.3 Å². The highest BCUT2D eigenvalue weighted by Crippen LogP contribution is 2.47. The summed E-state index contributed by atoms with van der Waals surface area (Å²) in [6.07, 6.45) is 13.8. The number of halogens is 1. The van der Waals surface area contributed by atoms with Crippen LogP contribution >= 0.6 is 20.2 Å². The van der Waals surface area contributed by atoms with Crippen LogP contribution in [0.3, 0.4) is 0 Å². The summed E-state index contributed by atoms with van der Waals surface area (Å²) in [5.41, 5.74) is 7.63. The predicted molar refractivity (Wildman–Crippen MR) is 158 cm³/mol. The fraction of sp³-hybridized carbons (Fsp3) is 0.586. The van der Waals surface area contributed by atoms with Gasteiger partial charge in [0.2, 0.25) is 0 Å². The first-order valence-corrected chi connectivity index (χ1v) is 16.0. The van der Waals surface area contributed by atoms with Gasteiger partial charge in [-0.3, -0.25) is 9.05 Å². The van der Waals surface area contributed by atoms with Crippen LogP contribution in [0.5, 0.6) is 5.75 Å². The molecule has 1 fully saturated rings. The summed E-state index contributed by atoms with van der Waals surface area (Å²) in [7, 11) is -1.76. The molecule has 1 aromatic carbocycles. The second kappa shape index (κ2) is 17.1. The Labute approximate surface area is 243 Å². The average molecular weight is 593 g/mol. The first-order valence-electron chi connectivity index (χ1n) is 14.5. The van der Waals surface area contributed by atoms with Gasteiger partial charge in [0.05, 0.1) is 23.9 Å². The molecule has 0 aliphatic carbocycles. The van der Waals surface area contributed by atoms with Crippen LogP contribution in [-0.2, 0) is 18.5 Å². The van der Waals surface area contributed by atoms with Gasteiger partial charge >= 0.3 is 8.60 Å². The molecular weight excluding hydrogens is 551 g/mol. The zero-order valence-electron chi connectivity index (χ0n) is 23.4. The van der Waals surface area contributed by atoms with E-state index in [9.17, 15) is 0 Å². The van der Waals surface area contributed by atoms with Crippen LogP contribution in [0.25, 0.3) is 5.52 Å². The normalized spacial score (nSPS) is 17.9. The largest absolute Gasteiger partial charge is 0.425 e. The highest BCUT2D eigenvalue weighted by molar-refractivity contribution is 7.42. The van der Waals surface area contributed by atoms with Crippen molar-refractivity contribution < 1.29 is 23.0 Å². The second-order valence-electron chi connectivity index (χ2n) is 9.96. The molecule has 0 radical (unpaired) electrons. The molecule has 0 amide bonds. The molecule has 40 heavy (non-hydrogen) atoms. The zero-order chi connectivity index (χ0) is 28.0. The lowest BCUT2D eigenvalue weighted by Crippen LogP contribution is -2.14. The monoisotopic (exact) mass is 592 g/mol. The highest BCUT2D eigenvalue weighted by atomic mass is 35.5. The van der Waals surface area contributed by atoms with Crippen molar-refractivity contribution in [3.63, 3.8) is 0 Å². The number of aromatic nitrogens is 3. The van der Waals surface area contributed by atoms with Crippen LogP contribution in [0.1, 0.15) is 89.4 Å². The summed E-state index contributed by atoms with van der Waals surface area (Å²) < 4.78 is 32.0. The first-order chi connectivity index (χ1) is 19.7. The standard InChI is InChI=1S/C29H42ClN4O5P/c1-2-3-4-5-6-7-8-9-12-19-35-20-21-36-40(38-26-14-11-10-13-23(26)30)39-28-18-17-27(37-28)24-15-16-25-29(31)32-22-33-34(24)25/h10-11,13-16,22,27-28H,2-9,12,17-21H2,1H3,(H2,31,32,33). The minimum atomic E-state index is -1.76. The molecule has 220 valence electrons. The summed E-state index contributed by atoms with van der Waals surface area (Å²) in [5, 5.41) is 4.82. The maximum atomic E-state index is 6.32. The quantitative estimate of drug-likeness (QED) is 0.110. The smallest absolute Gasteiger partial charge is 0.399 e. The molecule has 9 nitrogen and oxygen atoms in total. The van der Waals surface area contributed by atoms with E-state index < -0.39 is 14.9 Å². The minimum absolute atomic E-state index is 0.196. The summed E-state index contributed by atoms with van der Waals surface area (Å²) >= 11 is 6.32. The van der Waals surface area contributed by atoms with Crippen molar-refractivity contribution in [1.29, 1.82) is 0 Å². The highest BCUT2D eigenvalue weighted by Gasteiger charge is 2.33. The number of nitrogens with zero attached hydrogens (tertiary/aromatic N) is 3. The molecule has 0 saturated carbocycles. The third-order valence-corrected chi connectivity index (χ3v) is 8.31. The average Bonchev–Trinajstić information content (AvgIpc) is 3.60. The second-order valence-corrected chi connectivity index (χ2v) is 11.5. The van der Waals surface area contributed by atoms with Crippen molar-refractivity contribution in [2.75, 3.05) is 25.6 Å². The molecule has 2 N–H and O–H groups in total. The lowest BCUT2D eigenvalue weighted by molar-refractivity contribution is -0.0823. The fourth-order valence-corrected chi connectivity index (χ4v) is 5.95. The third-order valence-electron chi connectivity index (χ3n) is 6.85. The van der Waals surface area contributed by atoms with Crippen LogP contribution in [0, 0.1) is 0 Å². The molecule has 3 unspecified atom stereocenters. The van der Waals surface area contributed by atoms with Gasteiger partial charge < -0.3 is 19.7 Å². The number of ether oxygens (including phenoxy) is 2. The molecule has 3 atom stereocenters. The van der Waals surface area contributed by atoms with E-state index in [0.717, 1.165) is 30.7 Å². The molecule has 1 aliphatic heterocycles.